The van der Waals surface area contributed by atoms with Gasteiger partial charge in [0.1, 0.15) is 5.54 Å². The van der Waals surface area contributed by atoms with Crippen molar-refractivity contribution in [3.05, 3.63) is 54.7 Å². The number of carbonyl (C=O) groups excluding carboxylic acids is 2. The minimum Gasteiger partial charge on any atom is -0.371 e. The summed E-state index contributed by atoms with van der Waals surface area (Å²) in [7, 11) is 0. The van der Waals surface area contributed by atoms with Gasteiger partial charge in [-0.2, -0.15) is 4.98 Å². The van der Waals surface area contributed by atoms with E-state index in [1.165, 1.54) is 12.8 Å². The molecule has 2 amide bonds. The van der Waals surface area contributed by atoms with Crippen LogP contribution in [-0.4, -0.2) is 45.6 Å². The van der Waals surface area contributed by atoms with Crippen molar-refractivity contribution >= 4 is 23.2 Å². The number of rotatable bonds is 10. The van der Waals surface area contributed by atoms with Gasteiger partial charge in [-0.3, -0.25) is 14.6 Å². The Hall–Kier alpha value is -3.75. The fraction of sp³-hybridized carbons (Fsp3) is 0.423. The summed E-state index contributed by atoms with van der Waals surface area (Å²) in [4.78, 5) is 36.7. The van der Waals surface area contributed by atoms with Crippen molar-refractivity contribution in [3.8, 4) is 11.4 Å². The lowest BCUT2D eigenvalue weighted by Crippen LogP contribution is -2.54. The van der Waals surface area contributed by atoms with Crippen LogP contribution in [0.1, 0.15) is 51.8 Å². The number of hydrogen-bond donors (Lipinski definition) is 2. The van der Waals surface area contributed by atoms with E-state index in [-0.39, 0.29) is 24.7 Å². The van der Waals surface area contributed by atoms with Crippen LogP contribution in [0.25, 0.3) is 11.4 Å². The normalized spacial score (nSPS) is 15.0. The van der Waals surface area contributed by atoms with Gasteiger partial charge in [0, 0.05) is 55.3 Å². The maximum Gasteiger partial charge on any atom is 0.249 e. The van der Waals surface area contributed by atoms with Crippen molar-refractivity contribution in [1.29, 1.82) is 0 Å². The molecule has 0 aliphatic carbocycles. The number of pyridine rings is 1. The van der Waals surface area contributed by atoms with Gasteiger partial charge in [0.15, 0.2) is 0 Å². The molecule has 0 radical (unpaired) electrons. The number of carbonyl (C=O) groups is 2. The summed E-state index contributed by atoms with van der Waals surface area (Å²) < 4.78 is 5.27. The van der Waals surface area contributed by atoms with Crippen molar-refractivity contribution in [3.63, 3.8) is 0 Å². The van der Waals surface area contributed by atoms with Crippen LogP contribution in [0.15, 0.2) is 53.3 Å². The molecule has 35 heavy (non-hydrogen) atoms. The third kappa shape index (κ3) is 6.23. The summed E-state index contributed by atoms with van der Waals surface area (Å²) in [5, 5.41) is 9.89. The molecule has 0 spiro atoms. The van der Waals surface area contributed by atoms with E-state index in [4.69, 9.17) is 4.52 Å². The van der Waals surface area contributed by atoms with Gasteiger partial charge in [0.25, 0.3) is 0 Å². The van der Waals surface area contributed by atoms with Gasteiger partial charge >= 0.3 is 0 Å². The minimum absolute atomic E-state index is 0.131. The predicted molar refractivity (Wildman–Crippen MR) is 134 cm³/mol. The molecule has 3 aromatic rings. The largest absolute Gasteiger partial charge is 0.371 e. The summed E-state index contributed by atoms with van der Waals surface area (Å²) in [6, 6.07) is 11.5. The van der Waals surface area contributed by atoms with E-state index in [0.717, 1.165) is 36.4 Å². The first-order chi connectivity index (χ1) is 17.0. The highest BCUT2D eigenvalue weighted by Gasteiger charge is 2.34. The Morgan fingerprint density at radius 1 is 1.17 bits per heavy atom. The number of aromatic nitrogens is 3. The number of anilines is 2. The zero-order valence-electron chi connectivity index (χ0n) is 20.3. The van der Waals surface area contributed by atoms with Crippen LogP contribution >= 0.6 is 0 Å². The molecule has 2 aromatic heterocycles. The molecule has 1 unspecified atom stereocenters. The first kappa shape index (κ1) is 24.4. The lowest BCUT2D eigenvalue weighted by atomic mass is 9.94. The molecule has 1 aliphatic heterocycles. The third-order valence-corrected chi connectivity index (χ3v) is 6.20. The second-order valence-corrected chi connectivity index (χ2v) is 9.08. The van der Waals surface area contributed by atoms with E-state index in [0.29, 0.717) is 18.1 Å². The first-order valence-corrected chi connectivity index (χ1v) is 12.2. The number of aryl methyl sites for hydroxylation is 1. The number of hydrogen-bond acceptors (Lipinski definition) is 7. The van der Waals surface area contributed by atoms with E-state index in [9.17, 15) is 9.59 Å². The average Bonchev–Trinajstić information content (AvgIpc) is 3.56. The van der Waals surface area contributed by atoms with Crippen molar-refractivity contribution in [2.45, 2.75) is 57.9 Å². The van der Waals surface area contributed by atoms with Crippen LogP contribution < -0.4 is 15.5 Å². The monoisotopic (exact) mass is 476 g/mol. The zero-order valence-corrected chi connectivity index (χ0v) is 20.3. The molecular formula is C26H32N6O3. The van der Waals surface area contributed by atoms with Crippen LogP contribution in [0.3, 0.4) is 0 Å². The Bertz CT molecular complexity index is 1140. The van der Waals surface area contributed by atoms with Crippen molar-refractivity contribution < 1.29 is 14.1 Å². The van der Waals surface area contributed by atoms with Crippen molar-refractivity contribution in [2.24, 2.45) is 0 Å². The molecule has 1 aliphatic rings. The second kappa shape index (κ2) is 11.1. The molecular weight excluding hydrogens is 444 g/mol. The van der Waals surface area contributed by atoms with E-state index in [2.05, 4.69) is 36.7 Å². The van der Waals surface area contributed by atoms with Crippen molar-refractivity contribution in [1.82, 2.24) is 20.4 Å². The Morgan fingerprint density at radius 3 is 2.74 bits per heavy atom. The summed E-state index contributed by atoms with van der Waals surface area (Å²) in [6.07, 6.45) is 7.36. The van der Waals surface area contributed by atoms with E-state index in [1.807, 2.05) is 31.2 Å². The molecule has 1 saturated heterocycles. The Kier molecular flexibility index (Phi) is 7.74. The summed E-state index contributed by atoms with van der Waals surface area (Å²) >= 11 is 0. The molecule has 2 N–H and O–H groups in total. The lowest BCUT2D eigenvalue weighted by Gasteiger charge is -2.29. The van der Waals surface area contributed by atoms with Gasteiger partial charge in [0.05, 0.1) is 0 Å². The number of nitrogens with zero attached hydrogens (tertiary/aromatic N) is 4. The second-order valence-electron chi connectivity index (χ2n) is 9.08. The van der Waals surface area contributed by atoms with Crippen LogP contribution in [0.2, 0.25) is 0 Å². The molecule has 9 nitrogen and oxygen atoms in total. The Balaban J connectivity index is 1.35. The number of benzene rings is 1. The molecule has 3 heterocycles. The quantitative estimate of drug-likeness (QED) is 0.455. The molecule has 1 aromatic carbocycles. The maximum atomic E-state index is 13.2. The molecule has 9 heteroatoms. The van der Waals surface area contributed by atoms with Gasteiger partial charge in [-0.05, 0) is 56.5 Å². The molecule has 1 fully saturated rings. The minimum atomic E-state index is -1.04. The standard InChI is InChI=1S/C26H32N6O3/c1-3-13-26(2,25(34)28-20-9-6-10-21(17-20)32-15-4-5-16-32)30-22(33)11-12-23-29-24(31-35-23)19-8-7-14-27-18-19/h6-10,14,17-18H,3-5,11-13,15-16H2,1-2H3,(H,28,34)(H,30,33). The maximum absolute atomic E-state index is 13.2. The number of nitrogens with one attached hydrogen (secondary N) is 2. The lowest BCUT2D eigenvalue weighted by molar-refractivity contribution is -0.130. The topological polar surface area (TPSA) is 113 Å². The fourth-order valence-corrected chi connectivity index (χ4v) is 4.32. The molecule has 0 saturated carbocycles. The SMILES string of the molecule is CCCC(C)(NC(=O)CCc1nc(-c2cccnc2)no1)C(=O)Nc1cccc(N2CCCC2)c1. The summed E-state index contributed by atoms with van der Waals surface area (Å²) in [5.74, 6) is 0.310. The first-order valence-electron chi connectivity index (χ1n) is 12.2. The summed E-state index contributed by atoms with van der Waals surface area (Å²) in [6.45, 7) is 5.82. The Morgan fingerprint density at radius 2 is 2.00 bits per heavy atom. The molecule has 0 bridgehead atoms. The molecule has 1 atom stereocenters. The van der Waals surface area contributed by atoms with Gasteiger partial charge in [-0.15, -0.1) is 0 Å². The third-order valence-electron chi connectivity index (χ3n) is 6.20. The van der Waals surface area contributed by atoms with Crippen molar-refractivity contribution in [2.75, 3.05) is 23.3 Å². The van der Waals surface area contributed by atoms with E-state index < -0.39 is 5.54 Å². The smallest absolute Gasteiger partial charge is 0.249 e. The number of amides is 2. The Labute approximate surface area is 205 Å². The predicted octanol–water partition coefficient (Wildman–Crippen LogP) is 3.98. The van der Waals surface area contributed by atoms with Gasteiger partial charge in [0.2, 0.25) is 23.5 Å². The van der Waals surface area contributed by atoms with Crippen LogP contribution in [0.5, 0.6) is 0 Å². The fourth-order valence-electron chi connectivity index (χ4n) is 4.32. The van der Waals surface area contributed by atoms with E-state index >= 15 is 0 Å². The van der Waals surface area contributed by atoms with Crippen LogP contribution in [-0.2, 0) is 16.0 Å². The zero-order chi connectivity index (χ0) is 24.7. The van der Waals surface area contributed by atoms with Gasteiger partial charge in [-0.1, -0.05) is 24.6 Å². The van der Waals surface area contributed by atoms with Gasteiger partial charge < -0.3 is 20.1 Å². The molecule has 4 rings (SSSR count). The highest BCUT2D eigenvalue weighted by Crippen LogP contribution is 2.25. The highest BCUT2D eigenvalue weighted by molar-refractivity contribution is 6.00. The summed E-state index contributed by atoms with van der Waals surface area (Å²) in [5.41, 5.74) is 1.54. The highest BCUT2D eigenvalue weighted by atomic mass is 16.5. The van der Waals surface area contributed by atoms with Crippen LogP contribution in [0, 0.1) is 0 Å². The molecule has 184 valence electrons. The van der Waals surface area contributed by atoms with Crippen LogP contribution in [0.4, 0.5) is 11.4 Å². The van der Waals surface area contributed by atoms with E-state index in [1.54, 1.807) is 25.4 Å². The average molecular weight is 477 g/mol. The van der Waals surface area contributed by atoms with Gasteiger partial charge in [-0.25, -0.2) is 0 Å².